The highest BCUT2D eigenvalue weighted by Gasteiger charge is 2.23. The Kier molecular flexibility index (Phi) is 5.64. The quantitative estimate of drug-likeness (QED) is 0.668. The summed E-state index contributed by atoms with van der Waals surface area (Å²) in [5, 5.41) is 2.36. The van der Waals surface area contributed by atoms with Crippen LogP contribution in [0.4, 0.5) is 4.79 Å². The number of carbonyl (C=O) groups excluding carboxylic acids is 3. The predicted molar refractivity (Wildman–Crippen MR) is 79.2 cm³/mol. The molecule has 1 atom stereocenters. The van der Waals surface area contributed by atoms with Gasteiger partial charge in [0.15, 0.2) is 11.6 Å². The highest BCUT2D eigenvalue weighted by molar-refractivity contribution is 6.11. The number of amides is 1. The zero-order chi connectivity index (χ0) is 16.0. The van der Waals surface area contributed by atoms with Gasteiger partial charge >= 0.3 is 6.09 Å². The van der Waals surface area contributed by atoms with Crippen molar-refractivity contribution < 1.29 is 19.1 Å². The molecule has 114 valence electrons. The summed E-state index contributed by atoms with van der Waals surface area (Å²) in [6.45, 7) is 6.50. The summed E-state index contributed by atoms with van der Waals surface area (Å²) in [6.07, 6.45) is -0.671. The molecule has 0 fully saturated rings. The summed E-state index contributed by atoms with van der Waals surface area (Å²) in [5.41, 5.74) is -0.144. The number of rotatable bonds is 5. The molecule has 0 aromatic heterocycles. The summed E-state index contributed by atoms with van der Waals surface area (Å²) < 4.78 is 5.03. The Balaban J connectivity index is 2.52. The Morgan fingerprint density at radius 1 is 1.14 bits per heavy atom. The van der Waals surface area contributed by atoms with E-state index in [1.165, 1.54) is 6.92 Å². The van der Waals surface area contributed by atoms with Crippen molar-refractivity contribution in [3.05, 3.63) is 35.9 Å². The van der Waals surface area contributed by atoms with Gasteiger partial charge in [0.1, 0.15) is 5.60 Å². The van der Waals surface area contributed by atoms with Gasteiger partial charge in [0, 0.05) is 5.56 Å². The maximum Gasteiger partial charge on any atom is 0.408 e. The molecule has 1 aromatic rings. The third-order valence-corrected chi connectivity index (χ3v) is 2.74. The number of hydrogen-bond acceptors (Lipinski definition) is 4. The molecule has 0 saturated carbocycles. The van der Waals surface area contributed by atoms with E-state index in [4.69, 9.17) is 4.74 Å². The van der Waals surface area contributed by atoms with E-state index < -0.39 is 17.6 Å². The van der Waals surface area contributed by atoms with Crippen molar-refractivity contribution in [3.63, 3.8) is 0 Å². The number of benzene rings is 1. The Morgan fingerprint density at radius 2 is 1.71 bits per heavy atom. The molecule has 21 heavy (non-hydrogen) atoms. The number of hydrogen-bond donors (Lipinski definition) is 1. The van der Waals surface area contributed by atoms with Crippen molar-refractivity contribution in [1.82, 2.24) is 5.32 Å². The van der Waals surface area contributed by atoms with Crippen LogP contribution in [-0.4, -0.2) is 29.8 Å². The molecule has 0 heterocycles. The lowest BCUT2D eigenvalue weighted by Gasteiger charge is -2.19. The van der Waals surface area contributed by atoms with E-state index in [2.05, 4.69) is 5.32 Å². The van der Waals surface area contributed by atoms with Gasteiger partial charge in [-0.05, 0) is 27.7 Å². The van der Waals surface area contributed by atoms with Gasteiger partial charge < -0.3 is 10.1 Å². The molecule has 5 heteroatoms. The lowest BCUT2D eigenvalue weighted by Crippen LogP contribution is -2.38. The van der Waals surface area contributed by atoms with Crippen LogP contribution in [0.5, 0.6) is 0 Å². The number of nitrogens with one attached hydrogen (secondary N) is 1. The van der Waals surface area contributed by atoms with Gasteiger partial charge in [0.05, 0.1) is 12.5 Å². The van der Waals surface area contributed by atoms with Crippen LogP contribution in [-0.2, 0) is 9.53 Å². The lowest BCUT2D eigenvalue weighted by molar-refractivity contribution is -0.120. The van der Waals surface area contributed by atoms with Gasteiger partial charge in [-0.25, -0.2) is 4.79 Å². The fourth-order valence-electron chi connectivity index (χ4n) is 1.63. The van der Waals surface area contributed by atoms with Gasteiger partial charge in [0.25, 0.3) is 0 Å². The Hall–Kier alpha value is -2.17. The molecule has 1 aromatic carbocycles. The minimum absolute atomic E-state index is 0.228. The van der Waals surface area contributed by atoms with E-state index in [0.29, 0.717) is 5.56 Å². The SMILES string of the molecule is CC(C(=O)CNC(=O)OC(C)(C)C)C(=O)c1ccccc1. The first-order chi connectivity index (χ1) is 9.70. The number of Topliss-reactive ketones (excluding diaryl/α,β-unsaturated/α-hetero) is 2. The molecule has 1 rings (SSSR count). The van der Waals surface area contributed by atoms with Crippen LogP contribution < -0.4 is 5.32 Å². The zero-order valence-corrected chi connectivity index (χ0v) is 12.8. The molecule has 1 amide bonds. The summed E-state index contributed by atoms with van der Waals surface area (Å²) in [5.74, 6) is -1.41. The second kappa shape index (κ2) is 7.02. The average molecular weight is 291 g/mol. The second-order valence-corrected chi connectivity index (χ2v) is 5.77. The number of carbonyl (C=O) groups is 3. The van der Waals surface area contributed by atoms with E-state index >= 15 is 0 Å². The minimum Gasteiger partial charge on any atom is -0.444 e. The first-order valence-corrected chi connectivity index (χ1v) is 6.79. The van der Waals surface area contributed by atoms with Gasteiger partial charge in [-0.1, -0.05) is 30.3 Å². The van der Waals surface area contributed by atoms with E-state index in [0.717, 1.165) is 0 Å². The molecule has 0 aliphatic carbocycles. The first-order valence-electron chi connectivity index (χ1n) is 6.79. The number of alkyl carbamates (subject to hydrolysis) is 1. The standard InChI is InChI=1S/C16H21NO4/c1-11(14(19)12-8-6-5-7-9-12)13(18)10-17-15(20)21-16(2,3)4/h5-9,11H,10H2,1-4H3,(H,17,20). The van der Waals surface area contributed by atoms with Crippen LogP contribution in [0.2, 0.25) is 0 Å². The maximum atomic E-state index is 12.1. The van der Waals surface area contributed by atoms with Crippen molar-refractivity contribution in [2.24, 2.45) is 5.92 Å². The monoisotopic (exact) mass is 291 g/mol. The summed E-state index contributed by atoms with van der Waals surface area (Å²) in [4.78, 5) is 35.5. The molecule has 1 unspecified atom stereocenters. The van der Waals surface area contributed by atoms with Crippen LogP contribution in [0, 0.1) is 5.92 Å². The topological polar surface area (TPSA) is 72.5 Å². The predicted octanol–water partition coefficient (Wildman–Crippen LogP) is 2.60. The third-order valence-electron chi connectivity index (χ3n) is 2.74. The summed E-state index contributed by atoms with van der Waals surface area (Å²) >= 11 is 0. The second-order valence-electron chi connectivity index (χ2n) is 5.77. The summed E-state index contributed by atoms with van der Waals surface area (Å²) in [7, 11) is 0. The van der Waals surface area contributed by atoms with Crippen LogP contribution in [0.1, 0.15) is 38.1 Å². The Labute approximate surface area is 124 Å². The molecule has 0 bridgehead atoms. The number of ketones is 2. The van der Waals surface area contributed by atoms with E-state index in [-0.39, 0.29) is 18.1 Å². The van der Waals surface area contributed by atoms with Crippen molar-refractivity contribution in [2.45, 2.75) is 33.3 Å². The minimum atomic E-state index is -0.803. The molecule has 0 saturated heterocycles. The highest BCUT2D eigenvalue weighted by Crippen LogP contribution is 2.10. The molecule has 1 N–H and O–H groups in total. The van der Waals surface area contributed by atoms with Crippen LogP contribution in [0.3, 0.4) is 0 Å². The fourth-order valence-corrected chi connectivity index (χ4v) is 1.63. The molecular formula is C16H21NO4. The Morgan fingerprint density at radius 3 is 2.24 bits per heavy atom. The van der Waals surface area contributed by atoms with Crippen molar-refractivity contribution in [3.8, 4) is 0 Å². The normalized spacial score (nSPS) is 12.4. The summed E-state index contributed by atoms with van der Waals surface area (Å²) in [6, 6.07) is 8.60. The van der Waals surface area contributed by atoms with Crippen molar-refractivity contribution in [2.75, 3.05) is 6.54 Å². The van der Waals surface area contributed by atoms with E-state index in [1.807, 2.05) is 0 Å². The first kappa shape index (κ1) is 16.9. The van der Waals surface area contributed by atoms with Crippen LogP contribution >= 0.6 is 0 Å². The smallest absolute Gasteiger partial charge is 0.408 e. The molecule has 0 radical (unpaired) electrons. The molecular weight excluding hydrogens is 270 g/mol. The van der Waals surface area contributed by atoms with Gasteiger partial charge in [0.2, 0.25) is 0 Å². The maximum absolute atomic E-state index is 12.1. The molecule has 0 aliphatic heterocycles. The third kappa shape index (κ3) is 5.77. The van der Waals surface area contributed by atoms with Gasteiger partial charge in [-0.2, -0.15) is 0 Å². The Bertz CT molecular complexity index is 517. The largest absolute Gasteiger partial charge is 0.444 e. The number of ether oxygens (including phenoxy) is 1. The van der Waals surface area contributed by atoms with Crippen LogP contribution in [0.15, 0.2) is 30.3 Å². The molecule has 0 aliphatic rings. The van der Waals surface area contributed by atoms with Gasteiger partial charge in [-0.3, -0.25) is 9.59 Å². The van der Waals surface area contributed by atoms with E-state index in [1.54, 1.807) is 51.1 Å². The zero-order valence-electron chi connectivity index (χ0n) is 12.8. The van der Waals surface area contributed by atoms with Crippen molar-refractivity contribution >= 4 is 17.7 Å². The molecule has 5 nitrogen and oxygen atoms in total. The molecule has 0 spiro atoms. The van der Waals surface area contributed by atoms with E-state index in [9.17, 15) is 14.4 Å². The van der Waals surface area contributed by atoms with Crippen molar-refractivity contribution in [1.29, 1.82) is 0 Å². The average Bonchev–Trinajstić information content (AvgIpc) is 2.42. The van der Waals surface area contributed by atoms with Gasteiger partial charge in [-0.15, -0.1) is 0 Å². The fraction of sp³-hybridized carbons (Fsp3) is 0.438. The van der Waals surface area contributed by atoms with Crippen LogP contribution in [0.25, 0.3) is 0 Å². The highest BCUT2D eigenvalue weighted by atomic mass is 16.6. The lowest BCUT2D eigenvalue weighted by atomic mass is 9.95.